The topological polar surface area (TPSA) is 55.2 Å². The first-order chi connectivity index (χ1) is 12.6. The fourth-order valence-electron chi connectivity index (χ4n) is 3.56. The van der Waals surface area contributed by atoms with Crippen LogP contribution in [-0.2, 0) is 7.05 Å². The second-order valence-corrected chi connectivity index (χ2v) is 6.75. The molecule has 2 heterocycles. The second kappa shape index (κ2) is 6.75. The molecule has 0 spiro atoms. The minimum absolute atomic E-state index is 0.0922. The minimum Gasteiger partial charge on any atom is -0.339 e. The van der Waals surface area contributed by atoms with Gasteiger partial charge in [0.05, 0.1) is 11.1 Å². The SMILES string of the molecule is Cn1nc(-c2ccc(C(=O)N3CCCCC3)cc2)c2ccccc2c1=O. The Labute approximate surface area is 151 Å². The maximum atomic E-state index is 12.6. The Morgan fingerprint density at radius 3 is 2.27 bits per heavy atom. The number of amides is 1. The molecular weight excluding hydrogens is 326 g/mol. The molecule has 3 aromatic rings. The summed E-state index contributed by atoms with van der Waals surface area (Å²) < 4.78 is 1.37. The van der Waals surface area contributed by atoms with Crippen LogP contribution >= 0.6 is 0 Å². The van der Waals surface area contributed by atoms with Crippen molar-refractivity contribution in [3.05, 3.63) is 64.4 Å². The van der Waals surface area contributed by atoms with Gasteiger partial charge in [-0.15, -0.1) is 0 Å². The maximum absolute atomic E-state index is 12.6. The summed E-state index contributed by atoms with van der Waals surface area (Å²) in [7, 11) is 1.66. The summed E-state index contributed by atoms with van der Waals surface area (Å²) in [4.78, 5) is 26.8. The number of carbonyl (C=O) groups excluding carboxylic acids is 1. The van der Waals surface area contributed by atoms with E-state index >= 15 is 0 Å². The molecule has 5 heteroatoms. The van der Waals surface area contributed by atoms with Gasteiger partial charge in [-0.05, 0) is 37.5 Å². The molecular formula is C21H21N3O2. The van der Waals surface area contributed by atoms with Crippen molar-refractivity contribution in [1.82, 2.24) is 14.7 Å². The highest BCUT2D eigenvalue weighted by molar-refractivity contribution is 5.96. The highest BCUT2D eigenvalue weighted by Gasteiger charge is 2.18. The number of rotatable bonds is 2. The van der Waals surface area contributed by atoms with Gasteiger partial charge < -0.3 is 4.90 Å². The molecule has 1 fully saturated rings. The lowest BCUT2D eigenvalue weighted by Gasteiger charge is -2.26. The average Bonchev–Trinajstić information content (AvgIpc) is 2.71. The molecule has 0 N–H and O–H groups in total. The lowest BCUT2D eigenvalue weighted by molar-refractivity contribution is 0.0724. The molecule has 1 saturated heterocycles. The van der Waals surface area contributed by atoms with Crippen molar-refractivity contribution in [2.75, 3.05) is 13.1 Å². The molecule has 1 amide bonds. The molecule has 0 atom stereocenters. The van der Waals surface area contributed by atoms with Crippen LogP contribution in [0.25, 0.3) is 22.0 Å². The number of nitrogens with zero attached hydrogens (tertiary/aromatic N) is 3. The zero-order valence-corrected chi connectivity index (χ0v) is 14.8. The van der Waals surface area contributed by atoms with E-state index in [1.807, 2.05) is 53.4 Å². The van der Waals surface area contributed by atoms with E-state index in [0.717, 1.165) is 42.6 Å². The third-order valence-corrected chi connectivity index (χ3v) is 5.01. The average molecular weight is 347 g/mol. The van der Waals surface area contributed by atoms with Gasteiger partial charge in [0, 0.05) is 36.7 Å². The molecule has 0 bridgehead atoms. The number of benzene rings is 2. The Morgan fingerprint density at radius 2 is 1.58 bits per heavy atom. The summed E-state index contributed by atoms with van der Waals surface area (Å²) in [5.74, 6) is 0.0922. The van der Waals surface area contributed by atoms with Crippen LogP contribution in [0.2, 0.25) is 0 Å². The number of carbonyl (C=O) groups is 1. The first-order valence-electron chi connectivity index (χ1n) is 9.01. The first-order valence-corrected chi connectivity index (χ1v) is 9.01. The van der Waals surface area contributed by atoms with Gasteiger partial charge in [0.1, 0.15) is 0 Å². The number of aryl methyl sites for hydroxylation is 1. The second-order valence-electron chi connectivity index (χ2n) is 6.75. The van der Waals surface area contributed by atoms with E-state index in [4.69, 9.17) is 0 Å². The lowest BCUT2D eigenvalue weighted by Crippen LogP contribution is -2.35. The molecule has 0 radical (unpaired) electrons. The number of fused-ring (bicyclic) bond motifs is 1. The number of likely N-dealkylation sites (tertiary alicyclic amines) is 1. The molecule has 0 aliphatic carbocycles. The van der Waals surface area contributed by atoms with Crippen LogP contribution in [0.5, 0.6) is 0 Å². The van der Waals surface area contributed by atoms with E-state index in [0.29, 0.717) is 10.9 Å². The molecule has 0 unspecified atom stereocenters. The van der Waals surface area contributed by atoms with E-state index in [1.165, 1.54) is 11.1 Å². The van der Waals surface area contributed by atoms with Gasteiger partial charge in [-0.25, -0.2) is 4.68 Å². The highest BCUT2D eigenvalue weighted by atomic mass is 16.2. The van der Waals surface area contributed by atoms with Crippen LogP contribution < -0.4 is 5.56 Å². The lowest BCUT2D eigenvalue weighted by atomic mass is 10.0. The third-order valence-electron chi connectivity index (χ3n) is 5.01. The predicted octanol–water partition coefficient (Wildman–Crippen LogP) is 3.23. The molecule has 4 rings (SSSR count). The number of aromatic nitrogens is 2. The Morgan fingerprint density at radius 1 is 0.923 bits per heavy atom. The van der Waals surface area contributed by atoms with Crippen molar-refractivity contribution in [1.29, 1.82) is 0 Å². The summed E-state index contributed by atoms with van der Waals surface area (Å²) in [6, 6.07) is 15.0. The summed E-state index contributed by atoms with van der Waals surface area (Å²) in [5, 5.41) is 5.92. The van der Waals surface area contributed by atoms with Crippen molar-refractivity contribution < 1.29 is 4.79 Å². The smallest absolute Gasteiger partial charge is 0.274 e. The van der Waals surface area contributed by atoms with Crippen LogP contribution in [0, 0.1) is 0 Å². The molecule has 1 aromatic heterocycles. The van der Waals surface area contributed by atoms with Crippen molar-refractivity contribution >= 4 is 16.7 Å². The fraction of sp³-hybridized carbons (Fsp3) is 0.286. The zero-order valence-electron chi connectivity index (χ0n) is 14.8. The van der Waals surface area contributed by atoms with Crippen molar-refractivity contribution in [3.63, 3.8) is 0 Å². The van der Waals surface area contributed by atoms with Crippen molar-refractivity contribution in [2.45, 2.75) is 19.3 Å². The van der Waals surface area contributed by atoms with Crippen LogP contribution in [-0.4, -0.2) is 33.7 Å². The van der Waals surface area contributed by atoms with Crippen LogP contribution in [0.4, 0.5) is 0 Å². The molecule has 2 aromatic carbocycles. The van der Waals surface area contributed by atoms with Gasteiger partial charge >= 0.3 is 0 Å². The van der Waals surface area contributed by atoms with Crippen LogP contribution in [0.15, 0.2) is 53.3 Å². The molecule has 0 saturated carbocycles. The van der Waals surface area contributed by atoms with Gasteiger partial charge in [0.2, 0.25) is 0 Å². The van der Waals surface area contributed by atoms with E-state index < -0.39 is 0 Å². The standard InChI is InChI=1S/C21H21N3O2/c1-23-21(26)18-8-4-3-7-17(18)19(22-23)15-9-11-16(12-10-15)20(25)24-13-5-2-6-14-24/h3-4,7-12H,2,5-6,13-14H2,1H3. The van der Waals surface area contributed by atoms with Gasteiger partial charge in [0.15, 0.2) is 0 Å². The largest absolute Gasteiger partial charge is 0.339 e. The zero-order chi connectivity index (χ0) is 18.1. The van der Waals surface area contributed by atoms with E-state index in [2.05, 4.69) is 5.10 Å². The molecule has 26 heavy (non-hydrogen) atoms. The number of hydrogen-bond acceptors (Lipinski definition) is 3. The van der Waals surface area contributed by atoms with Gasteiger partial charge in [0.25, 0.3) is 11.5 Å². The summed E-state index contributed by atoms with van der Waals surface area (Å²) >= 11 is 0. The molecule has 5 nitrogen and oxygen atoms in total. The van der Waals surface area contributed by atoms with Gasteiger partial charge in [-0.1, -0.05) is 30.3 Å². The van der Waals surface area contributed by atoms with Gasteiger partial charge in [-0.2, -0.15) is 5.10 Å². The van der Waals surface area contributed by atoms with Gasteiger partial charge in [-0.3, -0.25) is 9.59 Å². The number of piperidine rings is 1. The van der Waals surface area contributed by atoms with E-state index in [1.54, 1.807) is 7.05 Å². The Kier molecular flexibility index (Phi) is 4.29. The van der Waals surface area contributed by atoms with E-state index in [9.17, 15) is 9.59 Å². The van der Waals surface area contributed by atoms with Crippen molar-refractivity contribution in [3.8, 4) is 11.3 Å². The highest BCUT2D eigenvalue weighted by Crippen LogP contribution is 2.25. The Bertz CT molecular complexity index is 1020. The molecule has 1 aliphatic heterocycles. The maximum Gasteiger partial charge on any atom is 0.274 e. The summed E-state index contributed by atoms with van der Waals surface area (Å²) in [6.45, 7) is 1.68. The number of hydrogen-bond donors (Lipinski definition) is 0. The predicted molar refractivity (Wildman–Crippen MR) is 102 cm³/mol. The third kappa shape index (κ3) is 2.90. The summed E-state index contributed by atoms with van der Waals surface area (Å²) in [6.07, 6.45) is 3.36. The molecule has 1 aliphatic rings. The van der Waals surface area contributed by atoms with Crippen LogP contribution in [0.3, 0.4) is 0 Å². The summed E-state index contributed by atoms with van der Waals surface area (Å²) in [5.41, 5.74) is 2.23. The molecule has 132 valence electrons. The Hall–Kier alpha value is -2.95. The Balaban J connectivity index is 1.72. The van der Waals surface area contributed by atoms with Crippen LogP contribution in [0.1, 0.15) is 29.6 Å². The monoisotopic (exact) mass is 347 g/mol. The normalized spacial score (nSPS) is 14.6. The quantitative estimate of drug-likeness (QED) is 0.715. The minimum atomic E-state index is -0.110. The fourth-order valence-corrected chi connectivity index (χ4v) is 3.56. The first kappa shape index (κ1) is 16.5. The van der Waals surface area contributed by atoms with Crippen molar-refractivity contribution in [2.24, 2.45) is 7.05 Å². The van der Waals surface area contributed by atoms with E-state index in [-0.39, 0.29) is 11.5 Å².